The largest absolute Gasteiger partial charge is 0.481 e. The van der Waals surface area contributed by atoms with Gasteiger partial charge in [-0.25, -0.2) is 0 Å². The van der Waals surface area contributed by atoms with E-state index >= 15 is 0 Å². The molecule has 1 aromatic rings. The van der Waals surface area contributed by atoms with Crippen LogP contribution in [0.15, 0.2) is 24.3 Å². The van der Waals surface area contributed by atoms with Crippen molar-refractivity contribution in [1.29, 1.82) is 0 Å². The van der Waals surface area contributed by atoms with E-state index in [2.05, 4.69) is 29.2 Å². The van der Waals surface area contributed by atoms with Gasteiger partial charge in [0.05, 0.1) is 0 Å². The van der Waals surface area contributed by atoms with E-state index < -0.39 is 5.97 Å². The number of benzene rings is 1. The van der Waals surface area contributed by atoms with Crippen LogP contribution in [0.5, 0.6) is 0 Å². The molecule has 1 unspecified atom stereocenters. The number of hydrogen-bond donors (Lipinski definition) is 1. The molecule has 3 nitrogen and oxygen atoms in total. The molecule has 0 spiro atoms. The van der Waals surface area contributed by atoms with Gasteiger partial charge in [0.15, 0.2) is 0 Å². The molecular weight excluding hydrogens is 250 g/mol. The number of carboxylic acids is 1. The summed E-state index contributed by atoms with van der Waals surface area (Å²) in [6, 6.07) is 9.79. The average molecular weight is 273 g/mol. The molecule has 1 aromatic carbocycles. The first-order valence-corrected chi connectivity index (χ1v) is 7.78. The van der Waals surface area contributed by atoms with Crippen LogP contribution in [-0.2, 0) is 17.6 Å². The third kappa shape index (κ3) is 2.88. The molecule has 0 radical (unpaired) electrons. The summed E-state index contributed by atoms with van der Waals surface area (Å²) in [5, 5.41) is 8.92. The number of rotatable bonds is 4. The van der Waals surface area contributed by atoms with Crippen molar-refractivity contribution in [3.63, 3.8) is 0 Å². The summed E-state index contributed by atoms with van der Waals surface area (Å²) in [5.74, 6) is -0.662. The summed E-state index contributed by atoms with van der Waals surface area (Å²) in [4.78, 5) is 13.4. The van der Waals surface area contributed by atoms with E-state index in [9.17, 15) is 4.79 Å². The standard InChI is InChI=1S/C17H23NO2/c19-17(20)9-8-15-7-3-4-10-18(15)16-11-13-5-1-2-6-14(13)12-16/h1-2,5-6,15-16H,3-4,7-12H2,(H,19,20). The molecule has 1 aliphatic carbocycles. The van der Waals surface area contributed by atoms with Gasteiger partial charge in [0.25, 0.3) is 0 Å². The SMILES string of the molecule is O=C(O)CCC1CCCCN1C1Cc2ccccc2C1. The van der Waals surface area contributed by atoms with Crippen molar-refractivity contribution < 1.29 is 9.90 Å². The lowest BCUT2D eigenvalue weighted by Crippen LogP contribution is -2.46. The van der Waals surface area contributed by atoms with E-state index in [1.54, 1.807) is 0 Å². The van der Waals surface area contributed by atoms with Gasteiger partial charge in [-0.2, -0.15) is 0 Å². The quantitative estimate of drug-likeness (QED) is 0.917. The van der Waals surface area contributed by atoms with Crippen LogP contribution in [-0.4, -0.2) is 34.6 Å². The molecule has 1 heterocycles. The van der Waals surface area contributed by atoms with Crippen molar-refractivity contribution in [2.45, 2.75) is 57.0 Å². The molecule has 108 valence electrons. The Balaban J connectivity index is 1.67. The predicted octanol–water partition coefficient (Wildman–Crippen LogP) is 2.87. The van der Waals surface area contributed by atoms with Crippen LogP contribution in [0, 0.1) is 0 Å². The maximum absolute atomic E-state index is 10.8. The molecular formula is C17H23NO2. The summed E-state index contributed by atoms with van der Waals surface area (Å²) >= 11 is 0. The molecule has 3 rings (SSSR count). The fraction of sp³-hybridized carbons (Fsp3) is 0.588. The van der Waals surface area contributed by atoms with Gasteiger partial charge in [-0.1, -0.05) is 30.7 Å². The van der Waals surface area contributed by atoms with E-state index in [-0.39, 0.29) is 0 Å². The fourth-order valence-electron chi connectivity index (χ4n) is 3.87. The molecule has 20 heavy (non-hydrogen) atoms. The Morgan fingerprint density at radius 3 is 2.55 bits per heavy atom. The van der Waals surface area contributed by atoms with Crippen molar-refractivity contribution >= 4 is 5.97 Å². The Morgan fingerprint density at radius 2 is 1.90 bits per heavy atom. The van der Waals surface area contributed by atoms with Crippen LogP contribution >= 0.6 is 0 Å². The lowest BCUT2D eigenvalue weighted by Gasteiger charge is -2.40. The first kappa shape index (κ1) is 13.6. The van der Waals surface area contributed by atoms with Crippen molar-refractivity contribution in [2.75, 3.05) is 6.54 Å². The van der Waals surface area contributed by atoms with Crippen LogP contribution in [0.25, 0.3) is 0 Å². The molecule has 0 amide bonds. The third-order valence-electron chi connectivity index (χ3n) is 4.86. The number of nitrogens with zero attached hydrogens (tertiary/aromatic N) is 1. The molecule has 1 aliphatic heterocycles. The number of fused-ring (bicyclic) bond motifs is 1. The van der Waals surface area contributed by atoms with Crippen LogP contribution in [0.2, 0.25) is 0 Å². The van der Waals surface area contributed by atoms with Gasteiger partial charge in [-0.3, -0.25) is 9.69 Å². The third-order valence-corrected chi connectivity index (χ3v) is 4.86. The normalized spacial score (nSPS) is 23.7. The van der Waals surface area contributed by atoms with E-state index in [0.717, 1.165) is 25.8 Å². The number of aliphatic carboxylic acids is 1. The lowest BCUT2D eigenvalue weighted by atomic mass is 9.95. The van der Waals surface area contributed by atoms with Crippen LogP contribution in [0.1, 0.15) is 43.2 Å². The van der Waals surface area contributed by atoms with Crippen molar-refractivity contribution in [1.82, 2.24) is 4.90 Å². The Bertz CT molecular complexity index is 461. The molecule has 1 fully saturated rings. The van der Waals surface area contributed by atoms with Gasteiger partial charge in [-0.05, 0) is 49.8 Å². The van der Waals surface area contributed by atoms with E-state index in [1.165, 1.54) is 30.4 Å². The highest BCUT2D eigenvalue weighted by Crippen LogP contribution is 2.31. The maximum Gasteiger partial charge on any atom is 0.303 e. The second-order valence-electron chi connectivity index (χ2n) is 6.15. The van der Waals surface area contributed by atoms with Gasteiger partial charge in [0.2, 0.25) is 0 Å². The van der Waals surface area contributed by atoms with Crippen LogP contribution in [0.4, 0.5) is 0 Å². The summed E-state index contributed by atoms with van der Waals surface area (Å²) in [7, 11) is 0. The second kappa shape index (κ2) is 5.96. The number of hydrogen-bond acceptors (Lipinski definition) is 2. The van der Waals surface area contributed by atoms with Gasteiger partial charge >= 0.3 is 5.97 Å². The van der Waals surface area contributed by atoms with Gasteiger partial charge in [0, 0.05) is 18.5 Å². The molecule has 0 bridgehead atoms. The first-order chi connectivity index (χ1) is 9.74. The number of likely N-dealkylation sites (tertiary alicyclic amines) is 1. The van der Waals surface area contributed by atoms with Gasteiger partial charge < -0.3 is 5.11 Å². The molecule has 2 aliphatic rings. The minimum absolute atomic E-state index is 0.306. The maximum atomic E-state index is 10.8. The van der Waals surface area contributed by atoms with Crippen molar-refractivity contribution in [3.8, 4) is 0 Å². The Kier molecular flexibility index (Phi) is 4.06. The Hall–Kier alpha value is -1.35. The van der Waals surface area contributed by atoms with Crippen LogP contribution < -0.4 is 0 Å². The van der Waals surface area contributed by atoms with Crippen molar-refractivity contribution in [2.24, 2.45) is 0 Å². The first-order valence-electron chi connectivity index (χ1n) is 7.78. The highest BCUT2D eigenvalue weighted by molar-refractivity contribution is 5.66. The van der Waals surface area contributed by atoms with E-state index in [0.29, 0.717) is 18.5 Å². The summed E-state index contributed by atoms with van der Waals surface area (Å²) in [5.41, 5.74) is 2.97. The molecule has 1 atom stereocenters. The zero-order valence-electron chi connectivity index (χ0n) is 11.9. The predicted molar refractivity (Wildman–Crippen MR) is 78.9 cm³/mol. The molecule has 1 saturated heterocycles. The zero-order chi connectivity index (χ0) is 13.9. The van der Waals surface area contributed by atoms with Crippen LogP contribution in [0.3, 0.4) is 0 Å². The summed E-state index contributed by atoms with van der Waals surface area (Å²) in [6.07, 6.45) is 7.07. The Labute approximate surface area is 120 Å². The van der Waals surface area contributed by atoms with Gasteiger partial charge in [-0.15, -0.1) is 0 Å². The minimum Gasteiger partial charge on any atom is -0.481 e. The van der Waals surface area contributed by atoms with E-state index in [1.807, 2.05) is 0 Å². The topological polar surface area (TPSA) is 40.5 Å². The number of carbonyl (C=O) groups is 1. The highest BCUT2D eigenvalue weighted by atomic mass is 16.4. The second-order valence-corrected chi connectivity index (χ2v) is 6.15. The lowest BCUT2D eigenvalue weighted by molar-refractivity contribution is -0.137. The fourth-order valence-corrected chi connectivity index (χ4v) is 3.87. The highest BCUT2D eigenvalue weighted by Gasteiger charge is 2.32. The summed E-state index contributed by atoms with van der Waals surface area (Å²) < 4.78 is 0. The smallest absolute Gasteiger partial charge is 0.303 e. The molecule has 0 aromatic heterocycles. The molecule has 3 heteroatoms. The summed E-state index contributed by atoms with van der Waals surface area (Å²) in [6.45, 7) is 1.14. The molecule has 1 N–H and O–H groups in total. The van der Waals surface area contributed by atoms with E-state index in [4.69, 9.17) is 5.11 Å². The number of carboxylic acid groups (broad SMARTS) is 1. The van der Waals surface area contributed by atoms with Crippen molar-refractivity contribution in [3.05, 3.63) is 35.4 Å². The molecule has 0 saturated carbocycles. The minimum atomic E-state index is -0.662. The zero-order valence-corrected chi connectivity index (χ0v) is 11.9. The van der Waals surface area contributed by atoms with Gasteiger partial charge in [0.1, 0.15) is 0 Å². The Morgan fingerprint density at radius 1 is 1.20 bits per heavy atom. The number of piperidine rings is 1. The average Bonchev–Trinajstić information content (AvgIpc) is 2.89. The monoisotopic (exact) mass is 273 g/mol.